The lowest BCUT2D eigenvalue weighted by Crippen LogP contribution is -2.45. The standard InChI is InChI=1S/C21H26N2O2/c1-21(16-24,19-9-3-2-4-10-19)22-13-11-20(25)23-14-12-17-7-5-6-8-18(17)15-23/h2-10,22,24H,11-16H2,1H3/t21-/m0/s1. The third-order valence-electron chi connectivity index (χ3n) is 5.06. The SMILES string of the molecule is C[C@@](CO)(NCCC(=O)N1CCc2ccccc2C1)c1ccccc1. The van der Waals surface area contributed by atoms with Gasteiger partial charge < -0.3 is 15.3 Å². The van der Waals surface area contributed by atoms with E-state index in [0.717, 1.165) is 18.5 Å². The molecule has 0 aliphatic carbocycles. The molecule has 2 aromatic carbocycles. The van der Waals surface area contributed by atoms with Crippen LogP contribution in [0.4, 0.5) is 0 Å². The fraction of sp³-hybridized carbons (Fsp3) is 0.381. The Bertz CT molecular complexity index is 717. The third-order valence-corrected chi connectivity index (χ3v) is 5.06. The van der Waals surface area contributed by atoms with Crippen LogP contribution in [0.2, 0.25) is 0 Å². The summed E-state index contributed by atoms with van der Waals surface area (Å²) in [7, 11) is 0. The van der Waals surface area contributed by atoms with E-state index in [0.29, 0.717) is 19.5 Å². The fourth-order valence-electron chi connectivity index (χ4n) is 3.37. The summed E-state index contributed by atoms with van der Waals surface area (Å²) in [6.07, 6.45) is 1.36. The van der Waals surface area contributed by atoms with Gasteiger partial charge in [0.15, 0.2) is 0 Å². The normalized spacial score (nSPS) is 16.2. The third kappa shape index (κ3) is 4.09. The van der Waals surface area contributed by atoms with Crippen LogP contribution >= 0.6 is 0 Å². The molecular formula is C21H26N2O2. The molecule has 1 heterocycles. The first-order valence-electron chi connectivity index (χ1n) is 8.88. The van der Waals surface area contributed by atoms with Gasteiger partial charge in [-0.2, -0.15) is 0 Å². The Morgan fingerprint density at radius 3 is 2.52 bits per heavy atom. The number of carbonyl (C=O) groups excluding carboxylic acids is 1. The van der Waals surface area contributed by atoms with Crippen molar-refractivity contribution in [2.75, 3.05) is 19.7 Å². The van der Waals surface area contributed by atoms with E-state index in [4.69, 9.17) is 0 Å². The lowest BCUT2D eigenvalue weighted by molar-refractivity contribution is -0.132. The zero-order valence-corrected chi connectivity index (χ0v) is 14.7. The molecule has 25 heavy (non-hydrogen) atoms. The molecule has 0 spiro atoms. The lowest BCUT2D eigenvalue weighted by atomic mass is 9.93. The molecular weight excluding hydrogens is 312 g/mol. The molecule has 132 valence electrons. The second kappa shape index (κ2) is 7.81. The summed E-state index contributed by atoms with van der Waals surface area (Å²) in [5.74, 6) is 0.162. The Morgan fingerprint density at radius 2 is 1.80 bits per heavy atom. The highest BCUT2D eigenvalue weighted by Crippen LogP contribution is 2.21. The number of hydrogen-bond acceptors (Lipinski definition) is 3. The summed E-state index contributed by atoms with van der Waals surface area (Å²) in [5, 5.41) is 13.2. The molecule has 1 aliphatic rings. The summed E-state index contributed by atoms with van der Waals surface area (Å²) in [6, 6.07) is 18.2. The van der Waals surface area contributed by atoms with Crippen molar-refractivity contribution in [2.24, 2.45) is 0 Å². The minimum Gasteiger partial charge on any atom is -0.394 e. The Labute approximate surface area is 149 Å². The number of nitrogens with one attached hydrogen (secondary N) is 1. The van der Waals surface area contributed by atoms with Gasteiger partial charge >= 0.3 is 0 Å². The lowest BCUT2D eigenvalue weighted by Gasteiger charge is -2.31. The van der Waals surface area contributed by atoms with Gasteiger partial charge in [0.05, 0.1) is 12.1 Å². The number of aliphatic hydroxyl groups excluding tert-OH is 1. The molecule has 4 nitrogen and oxygen atoms in total. The van der Waals surface area contributed by atoms with Gasteiger partial charge in [0.2, 0.25) is 5.91 Å². The zero-order valence-electron chi connectivity index (χ0n) is 14.7. The molecule has 0 saturated carbocycles. The smallest absolute Gasteiger partial charge is 0.224 e. The van der Waals surface area contributed by atoms with Gasteiger partial charge in [0, 0.05) is 26.1 Å². The second-order valence-electron chi connectivity index (χ2n) is 6.87. The summed E-state index contributed by atoms with van der Waals surface area (Å²) in [6.45, 7) is 3.98. The molecule has 1 aliphatic heterocycles. The van der Waals surface area contributed by atoms with E-state index in [-0.39, 0.29) is 12.5 Å². The Hall–Kier alpha value is -2.17. The molecule has 4 heteroatoms. The van der Waals surface area contributed by atoms with Crippen molar-refractivity contribution < 1.29 is 9.90 Å². The van der Waals surface area contributed by atoms with Crippen molar-refractivity contribution in [3.8, 4) is 0 Å². The van der Waals surface area contributed by atoms with E-state index >= 15 is 0 Å². The number of rotatable bonds is 6. The highest BCUT2D eigenvalue weighted by molar-refractivity contribution is 5.76. The van der Waals surface area contributed by atoms with Crippen LogP contribution in [0, 0.1) is 0 Å². The number of amides is 1. The molecule has 0 fully saturated rings. The van der Waals surface area contributed by atoms with Crippen LogP contribution in [-0.2, 0) is 23.3 Å². The summed E-state index contributed by atoms with van der Waals surface area (Å²) in [4.78, 5) is 14.5. The minimum absolute atomic E-state index is 0.0116. The van der Waals surface area contributed by atoms with E-state index in [9.17, 15) is 9.90 Å². The molecule has 2 N–H and O–H groups in total. The highest BCUT2D eigenvalue weighted by Gasteiger charge is 2.26. The van der Waals surface area contributed by atoms with Crippen LogP contribution in [0.15, 0.2) is 54.6 Å². The van der Waals surface area contributed by atoms with Crippen LogP contribution < -0.4 is 5.32 Å². The van der Waals surface area contributed by atoms with Crippen molar-refractivity contribution in [2.45, 2.75) is 31.8 Å². The van der Waals surface area contributed by atoms with Gasteiger partial charge in [0.25, 0.3) is 0 Å². The van der Waals surface area contributed by atoms with Crippen LogP contribution in [0.5, 0.6) is 0 Å². The molecule has 3 rings (SSSR count). The molecule has 0 aromatic heterocycles. The first-order chi connectivity index (χ1) is 12.1. The van der Waals surface area contributed by atoms with E-state index in [1.807, 2.05) is 48.2 Å². The number of hydrogen-bond donors (Lipinski definition) is 2. The number of fused-ring (bicyclic) bond motifs is 1. The van der Waals surface area contributed by atoms with Gasteiger partial charge in [-0.1, -0.05) is 54.6 Å². The van der Waals surface area contributed by atoms with Crippen LogP contribution in [0.3, 0.4) is 0 Å². The molecule has 0 unspecified atom stereocenters. The van der Waals surface area contributed by atoms with Gasteiger partial charge in [-0.15, -0.1) is 0 Å². The second-order valence-corrected chi connectivity index (χ2v) is 6.87. The van der Waals surface area contributed by atoms with E-state index in [1.165, 1.54) is 11.1 Å². The van der Waals surface area contributed by atoms with Crippen molar-refractivity contribution >= 4 is 5.91 Å². The van der Waals surface area contributed by atoms with Gasteiger partial charge in [-0.05, 0) is 30.0 Å². The summed E-state index contributed by atoms with van der Waals surface area (Å²) >= 11 is 0. The van der Waals surface area contributed by atoms with Crippen LogP contribution in [0.1, 0.15) is 30.0 Å². The monoisotopic (exact) mass is 338 g/mol. The predicted octanol–water partition coefficient (Wildman–Crippen LogP) is 2.46. The van der Waals surface area contributed by atoms with Crippen LogP contribution in [-0.4, -0.2) is 35.6 Å². The maximum absolute atomic E-state index is 12.5. The molecule has 0 saturated heterocycles. The first kappa shape index (κ1) is 17.6. The maximum atomic E-state index is 12.5. The van der Waals surface area contributed by atoms with Crippen molar-refractivity contribution in [3.05, 3.63) is 71.3 Å². The van der Waals surface area contributed by atoms with E-state index in [2.05, 4.69) is 23.5 Å². The van der Waals surface area contributed by atoms with E-state index < -0.39 is 5.54 Å². The van der Waals surface area contributed by atoms with Gasteiger partial charge in [-0.3, -0.25) is 4.79 Å². The number of carbonyl (C=O) groups is 1. The quantitative estimate of drug-likeness (QED) is 0.851. The molecule has 1 amide bonds. The largest absolute Gasteiger partial charge is 0.394 e. The van der Waals surface area contributed by atoms with E-state index in [1.54, 1.807) is 0 Å². The predicted molar refractivity (Wildman–Crippen MR) is 99.1 cm³/mol. The van der Waals surface area contributed by atoms with Crippen molar-refractivity contribution in [1.82, 2.24) is 10.2 Å². The summed E-state index contributed by atoms with van der Waals surface area (Å²) in [5.41, 5.74) is 3.09. The number of nitrogens with zero attached hydrogens (tertiary/aromatic N) is 1. The molecule has 1 atom stereocenters. The number of benzene rings is 2. The summed E-state index contributed by atoms with van der Waals surface area (Å²) < 4.78 is 0. The van der Waals surface area contributed by atoms with Crippen LogP contribution in [0.25, 0.3) is 0 Å². The number of aliphatic hydroxyl groups is 1. The molecule has 0 bridgehead atoms. The zero-order chi connectivity index (χ0) is 17.7. The first-order valence-corrected chi connectivity index (χ1v) is 8.88. The average molecular weight is 338 g/mol. The minimum atomic E-state index is -0.532. The topological polar surface area (TPSA) is 52.6 Å². The average Bonchev–Trinajstić information content (AvgIpc) is 2.68. The van der Waals surface area contributed by atoms with Crippen molar-refractivity contribution in [1.29, 1.82) is 0 Å². The molecule has 2 aromatic rings. The van der Waals surface area contributed by atoms with Gasteiger partial charge in [0.1, 0.15) is 0 Å². The Kier molecular flexibility index (Phi) is 5.51. The maximum Gasteiger partial charge on any atom is 0.224 e. The fourth-order valence-corrected chi connectivity index (χ4v) is 3.37. The Morgan fingerprint density at radius 1 is 1.12 bits per heavy atom. The highest BCUT2D eigenvalue weighted by atomic mass is 16.3. The van der Waals surface area contributed by atoms with Crippen molar-refractivity contribution in [3.63, 3.8) is 0 Å². The molecule has 0 radical (unpaired) electrons. The Balaban J connectivity index is 1.54. The van der Waals surface area contributed by atoms with Gasteiger partial charge in [-0.25, -0.2) is 0 Å².